The predicted molar refractivity (Wildman–Crippen MR) is 96.1 cm³/mol. The molecule has 5 nitrogen and oxygen atoms in total. The number of hydrogen-bond acceptors (Lipinski definition) is 4. The normalized spacial score (nSPS) is 10.6. The SMILES string of the molecule is Cc1ccc(NC(=O)c2noc(C)c2COc2cccc(Cl)c2)cc1F. The van der Waals surface area contributed by atoms with Gasteiger partial charge >= 0.3 is 0 Å². The number of benzene rings is 2. The lowest BCUT2D eigenvalue weighted by atomic mass is 10.2. The highest BCUT2D eigenvalue weighted by atomic mass is 35.5. The molecule has 0 radical (unpaired) electrons. The lowest BCUT2D eigenvalue weighted by molar-refractivity contribution is 0.101. The summed E-state index contributed by atoms with van der Waals surface area (Å²) in [6.45, 7) is 3.42. The van der Waals surface area contributed by atoms with Gasteiger partial charge in [-0.3, -0.25) is 4.79 Å². The number of anilines is 1. The van der Waals surface area contributed by atoms with Gasteiger partial charge in [-0.1, -0.05) is 28.9 Å². The van der Waals surface area contributed by atoms with Crippen molar-refractivity contribution in [3.63, 3.8) is 0 Å². The molecule has 0 saturated heterocycles. The van der Waals surface area contributed by atoms with Crippen molar-refractivity contribution >= 4 is 23.2 Å². The van der Waals surface area contributed by atoms with Crippen LogP contribution in [0.1, 0.15) is 27.4 Å². The maximum atomic E-state index is 13.6. The molecule has 0 aliphatic rings. The predicted octanol–water partition coefficient (Wildman–Crippen LogP) is 4.92. The van der Waals surface area contributed by atoms with Crippen LogP contribution in [-0.4, -0.2) is 11.1 Å². The lowest BCUT2D eigenvalue weighted by Gasteiger charge is -2.08. The van der Waals surface area contributed by atoms with Gasteiger partial charge in [0, 0.05) is 10.7 Å². The van der Waals surface area contributed by atoms with Gasteiger partial charge in [0.1, 0.15) is 23.9 Å². The molecule has 2 aromatic carbocycles. The first-order valence-corrected chi connectivity index (χ1v) is 8.23. The van der Waals surface area contributed by atoms with E-state index in [0.29, 0.717) is 33.3 Å². The fourth-order valence-electron chi connectivity index (χ4n) is 2.31. The first-order valence-electron chi connectivity index (χ1n) is 7.85. The lowest BCUT2D eigenvalue weighted by Crippen LogP contribution is -2.15. The molecule has 0 bridgehead atoms. The Morgan fingerprint density at radius 1 is 1.27 bits per heavy atom. The van der Waals surface area contributed by atoms with Gasteiger partial charge in [0.2, 0.25) is 0 Å². The zero-order chi connectivity index (χ0) is 18.7. The van der Waals surface area contributed by atoms with Crippen LogP contribution in [0.2, 0.25) is 5.02 Å². The summed E-state index contributed by atoms with van der Waals surface area (Å²) < 4.78 is 24.4. The van der Waals surface area contributed by atoms with Crippen molar-refractivity contribution in [2.75, 3.05) is 5.32 Å². The van der Waals surface area contributed by atoms with E-state index < -0.39 is 11.7 Å². The Bertz CT molecular complexity index is 956. The van der Waals surface area contributed by atoms with Crippen LogP contribution in [-0.2, 0) is 6.61 Å². The summed E-state index contributed by atoms with van der Waals surface area (Å²) in [6.07, 6.45) is 0. The van der Waals surface area contributed by atoms with E-state index in [0.717, 1.165) is 0 Å². The van der Waals surface area contributed by atoms with Crippen LogP contribution < -0.4 is 10.1 Å². The molecule has 0 unspecified atom stereocenters. The van der Waals surface area contributed by atoms with Crippen molar-refractivity contribution in [3.8, 4) is 5.75 Å². The summed E-state index contributed by atoms with van der Waals surface area (Å²) in [5, 5.41) is 6.95. The molecule has 0 saturated carbocycles. The zero-order valence-corrected chi connectivity index (χ0v) is 14.9. The molecule has 1 aromatic heterocycles. The highest BCUT2D eigenvalue weighted by Crippen LogP contribution is 2.22. The number of rotatable bonds is 5. The molecular formula is C19H16ClFN2O3. The van der Waals surface area contributed by atoms with E-state index in [1.807, 2.05) is 0 Å². The Labute approximate surface area is 154 Å². The molecule has 134 valence electrons. The van der Waals surface area contributed by atoms with E-state index in [2.05, 4.69) is 10.5 Å². The number of carbonyl (C=O) groups excluding carboxylic acids is 1. The third kappa shape index (κ3) is 4.03. The summed E-state index contributed by atoms with van der Waals surface area (Å²) in [7, 11) is 0. The van der Waals surface area contributed by atoms with Crippen molar-refractivity contribution in [2.45, 2.75) is 20.5 Å². The molecule has 0 aliphatic carbocycles. The van der Waals surface area contributed by atoms with Crippen LogP contribution in [0, 0.1) is 19.7 Å². The van der Waals surface area contributed by atoms with E-state index in [-0.39, 0.29) is 12.3 Å². The van der Waals surface area contributed by atoms with Crippen molar-refractivity contribution in [1.29, 1.82) is 0 Å². The molecule has 1 heterocycles. The maximum Gasteiger partial charge on any atom is 0.278 e. The Kier molecular flexibility index (Phi) is 5.23. The van der Waals surface area contributed by atoms with Gasteiger partial charge < -0.3 is 14.6 Å². The number of amides is 1. The van der Waals surface area contributed by atoms with E-state index >= 15 is 0 Å². The summed E-state index contributed by atoms with van der Waals surface area (Å²) in [5.74, 6) is 0.121. The van der Waals surface area contributed by atoms with Crippen LogP contribution in [0.25, 0.3) is 0 Å². The molecule has 3 aromatic rings. The molecule has 1 amide bonds. The number of hydrogen-bond donors (Lipinski definition) is 1. The van der Waals surface area contributed by atoms with Crippen molar-refractivity contribution in [1.82, 2.24) is 5.16 Å². The summed E-state index contributed by atoms with van der Waals surface area (Å²) in [5.41, 5.74) is 1.43. The van der Waals surface area contributed by atoms with Crippen LogP contribution >= 0.6 is 11.6 Å². The fourth-order valence-corrected chi connectivity index (χ4v) is 2.49. The van der Waals surface area contributed by atoms with E-state index in [1.165, 1.54) is 6.07 Å². The average molecular weight is 375 g/mol. The second-order valence-electron chi connectivity index (χ2n) is 5.73. The van der Waals surface area contributed by atoms with Crippen molar-refractivity contribution < 1.29 is 18.4 Å². The van der Waals surface area contributed by atoms with Gasteiger partial charge in [0.25, 0.3) is 5.91 Å². The van der Waals surface area contributed by atoms with Crippen LogP contribution in [0.5, 0.6) is 5.75 Å². The highest BCUT2D eigenvalue weighted by Gasteiger charge is 2.21. The molecular weight excluding hydrogens is 359 g/mol. The monoisotopic (exact) mass is 374 g/mol. The minimum absolute atomic E-state index is 0.0840. The number of aromatic nitrogens is 1. The van der Waals surface area contributed by atoms with Gasteiger partial charge in [-0.2, -0.15) is 0 Å². The van der Waals surface area contributed by atoms with E-state index in [4.69, 9.17) is 20.9 Å². The molecule has 0 fully saturated rings. The first-order chi connectivity index (χ1) is 12.4. The largest absolute Gasteiger partial charge is 0.489 e. The number of nitrogens with zero attached hydrogens (tertiary/aromatic N) is 1. The summed E-state index contributed by atoms with van der Waals surface area (Å²) >= 11 is 5.93. The van der Waals surface area contributed by atoms with Crippen molar-refractivity contribution in [3.05, 3.63) is 75.9 Å². The van der Waals surface area contributed by atoms with E-state index in [9.17, 15) is 9.18 Å². The first kappa shape index (κ1) is 17.9. The molecule has 26 heavy (non-hydrogen) atoms. The number of aryl methyl sites for hydroxylation is 2. The molecule has 0 aliphatic heterocycles. The highest BCUT2D eigenvalue weighted by molar-refractivity contribution is 6.30. The van der Waals surface area contributed by atoms with Gasteiger partial charge in [-0.05, 0) is 49.7 Å². The second kappa shape index (κ2) is 7.58. The van der Waals surface area contributed by atoms with E-state index in [1.54, 1.807) is 50.2 Å². The Balaban J connectivity index is 1.76. The minimum Gasteiger partial charge on any atom is -0.489 e. The number of carbonyl (C=O) groups is 1. The third-order valence-electron chi connectivity index (χ3n) is 3.81. The van der Waals surface area contributed by atoms with Crippen molar-refractivity contribution in [2.24, 2.45) is 0 Å². The maximum absolute atomic E-state index is 13.6. The van der Waals surface area contributed by atoms with Crippen LogP contribution in [0.15, 0.2) is 47.0 Å². The Morgan fingerprint density at radius 2 is 2.08 bits per heavy atom. The fraction of sp³-hybridized carbons (Fsp3) is 0.158. The van der Waals surface area contributed by atoms with Crippen LogP contribution in [0.4, 0.5) is 10.1 Å². The van der Waals surface area contributed by atoms with Gasteiger partial charge in [0.15, 0.2) is 5.69 Å². The molecule has 0 spiro atoms. The molecule has 3 rings (SSSR count). The van der Waals surface area contributed by atoms with Gasteiger partial charge in [0.05, 0.1) is 5.56 Å². The minimum atomic E-state index is -0.505. The quantitative estimate of drug-likeness (QED) is 0.688. The summed E-state index contributed by atoms with van der Waals surface area (Å²) in [6, 6.07) is 11.4. The standard InChI is InChI=1S/C19H16ClFN2O3/c1-11-6-7-14(9-17(11)21)22-19(24)18-16(12(2)26-23-18)10-25-15-5-3-4-13(20)8-15/h3-9H,10H2,1-2H3,(H,22,24). The number of ether oxygens (including phenoxy) is 1. The van der Waals surface area contributed by atoms with Crippen LogP contribution in [0.3, 0.4) is 0 Å². The zero-order valence-electron chi connectivity index (χ0n) is 14.2. The summed E-state index contributed by atoms with van der Waals surface area (Å²) in [4.78, 5) is 12.5. The molecule has 7 heteroatoms. The topological polar surface area (TPSA) is 64.4 Å². The molecule has 0 atom stereocenters. The number of nitrogens with one attached hydrogen (secondary N) is 1. The smallest absolute Gasteiger partial charge is 0.278 e. The Morgan fingerprint density at radius 3 is 2.81 bits per heavy atom. The second-order valence-corrected chi connectivity index (χ2v) is 6.17. The molecule has 1 N–H and O–H groups in total. The number of halogens is 2. The van der Waals surface area contributed by atoms with Gasteiger partial charge in [-0.15, -0.1) is 0 Å². The Hall–Kier alpha value is -2.86. The third-order valence-corrected chi connectivity index (χ3v) is 4.04. The van der Waals surface area contributed by atoms with Gasteiger partial charge in [-0.25, -0.2) is 4.39 Å². The average Bonchev–Trinajstić information content (AvgIpc) is 2.97.